The number of hydrogen-bond acceptors (Lipinski definition) is 2. The smallest absolute Gasteiger partial charge is 0.0485 e. The second-order valence-corrected chi connectivity index (χ2v) is 6.19. The van der Waals surface area contributed by atoms with Crippen molar-refractivity contribution < 1.29 is 0 Å². The highest BCUT2D eigenvalue weighted by Gasteiger charge is 2.22. The van der Waals surface area contributed by atoms with E-state index in [4.69, 9.17) is 11.6 Å². The Bertz CT molecular complexity index is 411. The van der Waals surface area contributed by atoms with Crippen LogP contribution in [-0.2, 0) is 5.88 Å². The molecule has 1 aliphatic rings. The summed E-state index contributed by atoms with van der Waals surface area (Å²) >= 11 is 9.45. The number of halogens is 2. The molecule has 0 N–H and O–H groups in total. The Morgan fingerprint density at radius 3 is 2.83 bits per heavy atom. The lowest BCUT2D eigenvalue weighted by Crippen LogP contribution is -2.36. The summed E-state index contributed by atoms with van der Waals surface area (Å²) in [7, 11) is 4.38. The highest BCUT2D eigenvalue weighted by Crippen LogP contribution is 2.26. The Labute approximate surface area is 123 Å². The Balaban J connectivity index is 2.04. The third-order valence-electron chi connectivity index (χ3n) is 3.78. The summed E-state index contributed by atoms with van der Waals surface area (Å²) in [5.74, 6) is 0.552. The van der Waals surface area contributed by atoms with Crippen LogP contribution in [0.15, 0.2) is 22.7 Å². The van der Waals surface area contributed by atoms with Crippen molar-refractivity contribution >= 4 is 33.2 Å². The number of rotatable bonds is 4. The van der Waals surface area contributed by atoms with Crippen molar-refractivity contribution in [3.8, 4) is 0 Å². The van der Waals surface area contributed by atoms with Crippen LogP contribution in [0.5, 0.6) is 0 Å². The van der Waals surface area contributed by atoms with Gasteiger partial charge in [0.15, 0.2) is 0 Å². The Kier molecular flexibility index (Phi) is 4.93. The molecule has 0 saturated carbocycles. The first kappa shape index (κ1) is 14.2. The van der Waals surface area contributed by atoms with Crippen molar-refractivity contribution in [1.82, 2.24) is 4.90 Å². The second-order valence-electron chi connectivity index (χ2n) is 5.07. The fraction of sp³-hybridized carbons (Fsp3) is 0.571. The predicted molar refractivity (Wildman–Crippen MR) is 82.6 cm³/mol. The first-order chi connectivity index (χ1) is 8.61. The topological polar surface area (TPSA) is 6.48 Å². The summed E-state index contributed by atoms with van der Waals surface area (Å²) in [6.07, 6.45) is 2.63. The van der Waals surface area contributed by atoms with E-state index in [-0.39, 0.29) is 0 Å². The quantitative estimate of drug-likeness (QED) is 0.776. The molecule has 1 aromatic carbocycles. The van der Waals surface area contributed by atoms with Gasteiger partial charge in [-0.2, -0.15) is 0 Å². The van der Waals surface area contributed by atoms with Crippen LogP contribution in [0.4, 0.5) is 5.69 Å². The Morgan fingerprint density at radius 1 is 1.50 bits per heavy atom. The van der Waals surface area contributed by atoms with Gasteiger partial charge < -0.3 is 9.80 Å². The molecule has 4 heteroatoms. The van der Waals surface area contributed by atoms with Gasteiger partial charge >= 0.3 is 0 Å². The van der Waals surface area contributed by atoms with Gasteiger partial charge in [-0.1, -0.05) is 22.0 Å². The van der Waals surface area contributed by atoms with Gasteiger partial charge in [-0.05, 0) is 44.1 Å². The largest absolute Gasteiger partial charge is 0.373 e. The zero-order valence-electron chi connectivity index (χ0n) is 11.0. The maximum absolute atomic E-state index is 5.87. The van der Waals surface area contributed by atoms with E-state index in [1.54, 1.807) is 0 Å². The first-order valence-corrected chi connectivity index (χ1v) is 7.70. The fourth-order valence-corrected chi connectivity index (χ4v) is 3.41. The van der Waals surface area contributed by atoms with Crippen LogP contribution >= 0.6 is 27.5 Å². The standard InChI is InChI=1S/C14H20BrClN2/c1-17-7-3-4-13(17)10-18(2)12-6-5-11(9-16)14(15)8-12/h5-6,8,13H,3-4,7,9-10H2,1-2H3. The zero-order chi connectivity index (χ0) is 13.1. The molecule has 0 spiro atoms. The monoisotopic (exact) mass is 330 g/mol. The normalized spacial score (nSPS) is 20.3. The van der Waals surface area contributed by atoms with E-state index in [0.717, 1.165) is 16.6 Å². The van der Waals surface area contributed by atoms with E-state index in [9.17, 15) is 0 Å². The Morgan fingerprint density at radius 2 is 2.28 bits per heavy atom. The van der Waals surface area contributed by atoms with Gasteiger partial charge in [-0.3, -0.25) is 0 Å². The minimum atomic E-state index is 0.552. The van der Waals surface area contributed by atoms with E-state index in [1.165, 1.54) is 25.1 Å². The molecular weight excluding hydrogens is 312 g/mol. The van der Waals surface area contributed by atoms with Crippen molar-refractivity contribution in [2.75, 3.05) is 32.1 Å². The molecule has 1 atom stereocenters. The lowest BCUT2D eigenvalue weighted by molar-refractivity contribution is 0.314. The van der Waals surface area contributed by atoms with E-state index in [0.29, 0.717) is 11.9 Å². The van der Waals surface area contributed by atoms with Gasteiger partial charge in [0.1, 0.15) is 0 Å². The van der Waals surface area contributed by atoms with E-state index in [2.05, 4.69) is 58.0 Å². The van der Waals surface area contributed by atoms with Crippen molar-refractivity contribution in [2.24, 2.45) is 0 Å². The minimum Gasteiger partial charge on any atom is -0.373 e. The summed E-state index contributed by atoms with van der Waals surface area (Å²) < 4.78 is 1.10. The summed E-state index contributed by atoms with van der Waals surface area (Å²) in [4.78, 5) is 4.79. The van der Waals surface area contributed by atoms with Gasteiger partial charge in [-0.15, -0.1) is 11.6 Å². The van der Waals surface area contributed by atoms with E-state index < -0.39 is 0 Å². The number of likely N-dealkylation sites (tertiary alicyclic amines) is 1. The van der Waals surface area contributed by atoms with Crippen LogP contribution in [-0.4, -0.2) is 38.1 Å². The van der Waals surface area contributed by atoms with Gasteiger partial charge in [-0.25, -0.2) is 0 Å². The van der Waals surface area contributed by atoms with Gasteiger partial charge in [0.25, 0.3) is 0 Å². The molecule has 1 aromatic rings. The number of likely N-dealkylation sites (N-methyl/N-ethyl adjacent to an activating group) is 2. The molecular formula is C14H20BrClN2. The zero-order valence-corrected chi connectivity index (χ0v) is 13.3. The molecule has 0 radical (unpaired) electrons. The SMILES string of the molecule is CN(CC1CCCN1C)c1ccc(CCl)c(Br)c1. The highest BCUT2D eigenvalue weighted by atomic mass is 79.9. The molecule has 2 rings (SSSR count). The van der Waals surface area contributed by atoms with Crippen molar-refractivity contribution in [1.29, 1.82) is 0 Å². The lowest BCUT2D eigenvalue weighted by atomic mass is 10.2. The van der Waals surface area contributed by atoms with Crippen molar-refractivity contribution in [2.45, 2.75) is 24.8 Å². The summed E-state index contributed by atoms with van der Waals surface area (Å²) in [5, 5.41) is 0. The second kappa shape index (κ2) is 6.27. The van der Waals surface area contributed by atoms with Crippen LogP contribution in [0.2, 0.25) is 0 Å². The summed E-state index contributed by atoms with van der Waals surface area (Å²) in [5.41, 5.74) is 2.39. The first-order valence-electron chi connectivity index (χ1n) is 6.37. The molecule has 2 nitrogen and oxygen atoms in total. The molecule has 0 aromatic heterocycles. The molecule has 18 heavy (non-hydrogen) atoms. The van der Waals surface area contributed by atoms with Crippen molar-refractivity contribution in [3.05, 3.63) is 28.2 Å². The van der Waals surface area contributed by atoms with E-state index >= 15 is 0 Å². The van der Waals surface area contributed by atoms with Crippen LogP contribution in [0.25, 0.3) is 0 Å². The number of nitrogens with zero attached hydrogens (tertiary/aromatic N) is 2. The molecule has 1 unspecified atom stereocenters. The predicted octanol–water partition coefficient (Wildman–Crippen LogP) is 3.72. The third kappa shape index (κ3) is 3.19. The minimum absolute atomic E-state index is 0.552. The number of alkyl halides is 1. The fourth-order valence-electron chi connectivity index (χ4n) is 2.51. The average molecular weight is 332 g/mol. The maximum Gasteiger partial charge on any atom is 0.0485 e. The maximum atomic E-state index is 5.87. The average Bonchev–Trinajstić information content (AvgIpc) is 2.75. The molecule has 1 saturated heterocycles. The molecule has 1 fully saturated rings. The Hall–Kier alpha value is -0.250. The molecule has 0 bridgehead atoms. The third-order valence-corrected chi connectivity index (χ3v) is 4.80. The number of benzene rings is 1. The molecule has 1 aliphatic heterocycles. The molecule has 100 valence electrons. The van der Waals surface area contributed by atoms with Gasteiger partial charge in [0, 0.05) is 35.7 Å². The highest BCUT2D eigenvalue weighted by molar-refractivity contribution is 9.10. The molecule has 1 heterocycles. The van der Waals surface area contributed by atoms with Crippen molar-refractivity contribution in [3.63, 3.8) is 0 Å². The number of anilines is 1. The lowest BCUT2D eigenvalue weighted by Gasteiger charge is -2.27. The summed E-state index contributed by atoms with van der Waals surface area (Å²) in [6, 6.07) is 7.09. The number of hydrogen-bond donors (Lipinski definition) is 0. The van der Waals surface area contributed by atoms with Crippen LogP contribution < -0.4 is 4.90 Å². The molecule has 0 aliphatic carbocycles. The van der Waals surface area contributed by atoms with Crippen LogP contribution in [0.1, 0.15) is 18.4 Å². The van der Waals surface area contributed by atoms with E-state index in [1.807, 2.05) is 0 Å². The van der Waals surface area contributed by atoms with Crippen LogP contribution in [0.3, 0.4) is 0 Å². The van der Waals surface area contributed by atoms with Crippen LogP contribution in [0, 0.1) is 0 Å². The molecule has 0 amide bonds. The van der Waals surface area contributed by atoms with Gasteiger partial charge in [0.05, 0.1) is 0 Å². The summed E-state index contributed by atoms with van der Waals surface area (Å²) in [6.45, 7) is 2.32. The van der Waals surface area contributed by atoms with Gasteiger partial charge in [0.2, 0.25) is 0 Å².